The number of hydrogen-bond acceptors (Lipinski definition) is 8. The van der Waals surface area contributed by atoms with Crippen molar-refractivity contribution in [1.29, 1.82) is 0 Å². The predicted molar refractivity (Wildman–Crippen MR) is 60.1 cm³/mol. The minimum atomic E-state index is -1.24. The van der Waals surface area contributed by atoms with Gasteiger partial charge in [-0.25, -0.2) is 4.79 Å². The second-order valence-electron chi connectivity index (χ2n) is 3.13. The number of rotatable bonds is 4. The highest BCUT2D eigenvalue weighted by Crippen LogP contribution is 2.29. The van der Waals surface area contributed by atoms with Crippen LogP contribution in [0.4, 0.5) is 11.4 Å². The summed E-state index contributed by atoms with van der Waals surface area (Å²) in [6.45, 7) is 0. The van der Waals surface area contributed by atoms with Gasteiger partial charge in [0.1, 0.15) is 0 Å². The average Bonchev–Trinajstić information content (AvgIpc) is 2.38. The molecule has 100 valence electrons. The minimum Gasteiger partial charge on any atom is -0.464 e. The molecule has 10 nitrogen and oxygen atoms in total. The second kappa shape index (κ2) is 5.53. The molecule has 10 heteroatoms. The summed E-state index contributed by atoms with van der Waals surface area (Å²) < 4.78 is 4.25. The minimum absolute atomic E-state index is 0.716. The highest BCUT2D eigenvalue weighted by Gasteiger charge is 2.33. The van der Waals surface area contributed by atoms with E-state index in [1.165, 1.54) is 0 Å². The number of nitro benzene ring substituents is 2. The lowest BCUT2D eigenvalue weighted by molar-refractivity contribution is -0.394. The van der Waals surface area contributed by atoms with Gasteiger partial charge in [0.15, 0.2) is 5.56 Å². The fraction of sp³-hybridized carbons (Fsp3) is 0.111. The summed E-state index contributed by atoms with van der Waals surface area (Å²) in [7, 11) is 0.939. The van der Waals surface area contributed by atoms with Gasteiger partial charge < -0.3 is 9.94 Å². The Balaban J connectivity index is 3.66. The number of nitrogens with zero attached hydrogens (tertiary/aromatic N) is 3. The van der Waals surface area contributed by atoms with E-state index < -0.39 is 38.5 Å². The lowest BCUT2D eigenvalue weighted by Crippen LogP contribution is -2.20. The van der Waals surface area contributed by atoms with E-state index in [0.717, 1.165) is 25.3 Å². The molecular formula is C9H7N3O7. The number of oxime groups is 1. The van der Waals surface area contributed by atoms with Gasteiger partial charge in [-0.3, -0.25) is 20.2 Å². The van der Waals surface area contributed by atoms with Crippen LogP contribution in [0.15, 0.2) is 23.4 Å². The standard InChI is InChI=1S/C9H7N3O7/c1-19-9(13)8(10-14)7-5(11(15)16)3-2-4-6(7)12(17)18/h2-4,14H,1H3/b10-8-. The Bertz CT molecular complexity index is 549. The number of ether oxygens (including phenoxy) is 1. The number of carbonyl (C=O) groups is 1. The molecule has 0 bridgehead atoms. The van der Waals surface area contributed by atoms with E-state index in [9.17, 15) is 25.0 Å². The summed E-state index contributed by atoms with van der Waals surface area (Å²) in [5.41, 5.74) is -3.12. The lowest BCUT2D eigenvalue weighted by atomic mass is 10.1. The summed E-state index contributed by atoms with van der Waals surface area (Å²) in [4.78, 5) is 31.1. The zero-order chi connectivity index (χ0) is 14.6. The molecule has 1 N–H and O–H groups in total. The molecule has 0 amide bonds. The lowest BCUT2D eigenvalue weighted by Gasteiger charge is -2.04. The maximum Gasteiger partial charge on any atom is 0.361 e. The number of carbonyl (C=O) groups excluding carboxylic acids is 1. The summed E-state index contributed by atoms with van der Waals surface area (Å²) in [6, 6.07) is 2.96. The zero-order valence-electron chi connectivity index (χ0n) is 9.47. The summed E-state index contributed by atoms with van der Waals surface area (Å²) >= 11 is 0. The Kier molecular flexibility index (Phi) is 4.08. The van der Waals surface area contributed by atoms with Gasteiger partial charge in [0.25, 0.3) is 11.4 Å². The third-order valence-corrected chi connectivity index (χ3v) is 2.13. The Labute approximate surface area is 105 Å². The first kappa shape index (κ1) is 14.0. The average molecular weight is 269 g/mol. The van der Waals surface area contributed by atoms with Crippen molar-refractivity contribution in [1.82, 2.24) is 0 Å². The maximum atomic E-state index is 11.3. The van der Waals surface area contributed by atoms with Gasteiger partial charge in [-0.15, -0.1) is 0 Å². The molecule has 0 heterocycles. The first-order chi connectivity index (χ1) is 8.93. The van der Waals surface area contributed by atoms with Gasteiger partial charge in [-0.1, -0.05) is 5.16 Å². The fourth-order valence-electron chi connectivity index (χ4n) is 1.36. The molecule has 1 rings (SSSR count). The van der Waals surface area contributed by atoms with E-state index in [1.807, 2.05) is 0 Å². The van der Waals surface area contributed by atoms with Crippen LogP contribution in [0.2, 0.25) is 0 Å². The Morgan fingerprint density at radius 3 is 2.05 bits per heavy atom. The third kappa shape index (κ3) is 2.62. The second-order valence-corrected chi connectivity index (χ2v) is 3.13. The SMILES string of the molecule is COC(=O)/C(=N\O)c1c([N+](=O)[O-])cccc1[N+](=O)[O-]. The van der Waals surface area contributed by atoms with Crippen LogP contribution in [-0.4, -0.2) is 33.8 Å². The third-order valence-electron chi connectivity index (χ3n) is 2.13. The van der Waals surface area contributed by atoms with Gasteiger partial charge in [0.2, 0.25) is 5.71 Å². The molecule has 1 aromatic carbocycles. The van der Waals surface area contributed by atoms with Crippen LogP contribution in [0.1, 0.15) is 5.56 Å². The molecule has 19 heavy (non-hydrogen) atoms. The summed E-state index contributed by atoms with van der Waals surface area (Å²) in [5, 5.41) is 32.9. The molecular weight excluding hydrogens is 262 g/mol. The van der Waals surface area contributed by atoms with Crippen LogP contribution in [0.5, 0.6) is 0 Å². The molecule has 0 saturated heterocycles. The van der Waals surface area contributed by atoms with Crippen LogP contribution >= 0.6 is 0 Å². The van der Waals surface area contributed by atoms with Crippen molar-refractivity contribution in [2.75, 3.05) is 7.11 Å². The number of nitro groups is 2. The molecule has 0 unspecified atom stereocenters. The molecule has 0 atom stereocenters. The first-order valence-electron chi connectivity index (χ1n) is 4.66. The molecule has 0 aliphatic rings. The van der Waals surface area contributed by atoms with Gasteiger partial charge in [-0.05, 0) is 6.07 Å². The van der Waals surface area contributed by atoms with Crippen LogP contribution in [0.25, 0.3) is 0 Å². The molecule has 1 aromatic rings. The van der Waals surface area contributed by atoms with Crippen LogP contribution in [0.3, 0.4) is 0 Å². The monoisotopic (exact) mass is 269 g/mol. The van der Waals surface area contributed by atoms with Crippen molar-refractivity contribution < 1.29 is 24.6 Å². The van der Waals surface area contributed by atoms with E-state index in [1.54, 1.807) is 0 Å². The summed E-state index contributed by atoms with van der Waals surface area (Å²) in [6.07, 6.45) is 0. The molecule has 0 aliphatic heterocycles. The van der Waals surface area contributed by atoms with E-state index in [-0.39, 0.29) is 0 Å². The molecule has 0 spiro atoms. The van der Waals surface area contributed by atoms with Crippen LogP contribution in [-0.2, 0) is 9.53 Å². The molecule has 0 radical (unpaired) electrons. The number of benzene rings is 1. The smallest absolute Gasteiger partial charge is 0.361 e. The maximum absolute atomic E-state index is 11.3. The van der Waals surface area contributed by atoms with E-state index >= 15 is 0 Å². The van der Waals surface area contributed by atoms with Crippen LogP contribution in [0, 0.1) is 20.2 Å². The van der Waals surface area contributed by atoms with Crippen molar-refractivity contribution in [3.63, 3.8) is 0 Å². The summed E-state index contributed by atoms with van der Waals surface area (Å²) in [5.74, 6) is -1.24. The Morgan fingerprint density at radius 1 is 1.26 bits per heavy atom. The van der Waals surface area contributed by atoms with Crippen molar-refractivity contribution in [3.8, 4) is 0 Å². The van der Waals surface area contributed by atoms with Gasteiger partial charge in [0, 0.05) is 12.1 Å². The van der Waals surface area contributed by atoms with Crippen molar-refractivity contribution in [3.05, 3.63) is 44.0 Å². The first-order valence-corrected chi connectivity index (χ1v) is 4.66. The fourth-order valence-corrected chi connectivity index (χ4v) is 1.36. The van der Waals surface area contributed by atoms with E-state index in [2.05, 4.69) is 9.89 Å². The highest BCUT2D eigenvalue weighted by molar-refractivity contribution is 6.45. The number of methoxy groups -OCH3 is 1. The largest absolute Gasteiger partial charge is 0.464 e. The quantitative estimate of drug-likeness (QED) is 0.280. The predicted octanol–water partition coefficient (Wildman–Crippen LogP) is 0.854. The molecule has 0 aromatic heterocycles. The highest BCUT2D eigenvalue weighted by atomic mass is 16.6. The van der Waals surface area contributed by atoms with E-state index in [4.69, 9.17) is 5.21 Å². The van der Waals surface area contributed by atoms with Gasteiger partial charge >= 0.3 is 5.97 Å². The topological polar surface area (TPSA) is 145 Å². The van der Waals surface area contributed by atoms with Crippen molar-refractivity contribution in [2.45, 2.75) is 0 Å². The van der Waals surface area contributed by atoms with Gasteiger partial charge in [-0.2, -0.15) is 0 Å². The number of esters is 1. The Hall–Kier alpha value is -3.04. The van der Waals surface area contributed by atoms with Gasteiger partial charge in [0.05, 0.1) is 17.0 Å². The molecule has 0 saturated carbocycles. The normalized spacial score (nSPS) is 10.9. The zero-order valence-corrected chi connectivity index (χ0v) is 9.47. The number of hydrogen-bond donors (Lipinski definition) is 1. The molecule has 0 aliphatic carbocycles. The van der Waals surface area contributed by atoms with Crippen molar-refractivity contribution >= 4 is 23.1 Å². The molecule has 0 fully saturated rings. The van der Waals surface area contributed by atoms with E-state index in [0.29, 0.717) is 0 Å². The Morgan fingerprint density at radius 2 is 1.74 bits per heavy atom. The van der Waals surface area contributed by atoms with Crippen LogP contribution < -0.4 is 0 Å². The van der Waals surface area contributed by atoms with Crippen molar-refractivity contribution in [2.24, 2.45) is 5.16 Å².